The fourth-order valence-corrected chi connectivity index (χ4v) is 4.44. The van der Waals surface area contributed by atoms with E-state index >= 15 is 0 Å². The summed E-state index contributed by atoms with van der Waals surface area (Å²) in [6.07, 6.45) is 5.62. The summed E-state index contributed by atoms with van der Waals surface area (Å²) in [6, 6.07) is 7.96. The van der Waals surface area contributed by atoms with Crippen molar-refractivity contribution in [2.45, 2.75) is 25.0 Å². The highest BCUT2D eigenvalue weighted by atomic mass is 35.5. The van der Waals surface area contributed by atoms with Crippen LogP contribution in [0.5, 0.6) is 5.75 Å². The van der Waals surface area contributed by atoms with Gasteiger partial charge in [-0.15, -0.1) is 19.0 Å². The number of aliphatic hydroxyl groups is 1. The zero-order valence-corrected chi connectivity index (χ0v) is 16.3. The molecule has 0 saturated carbocycles. The number of ether oxygens (including phenoxy) is 1. The first-order valence-electron chi connectivity index (χ1n) is 8.68. The Kier molecular flexibility index (Phi) is 8.20. The molecule has 5 rings (SSSR count). The quantitative estimate of drug-likeness (QED) is 0.796. The Morgan fingerprint density at radius 1 is 1.33 bits per heavy atom. The van der Waals surface area contributed by atoms with Crippen molar-refractivity contribution in [1.82, 2.24) is 9.88 Å². The third kappa shape index (κ3) is 4.10. The van der Waals surface area contributed by atoms with Gasteiger partial charge < -0.3 is 20.8 Å². The lowest BCUT2D eigenvalue weighted by Crippen LogP contribution is -2.54. The Labute approximate surface area is 165 Å². The largest absolute Gasteiger partial charge is 0.497 e. The summed E-state index contributed by atoms with van der Waals surface area (Å²) in [5.41, 5.74) is 1.85. The molecule has 3 fully saturated rings. The summed E-state index contributed by atoms with van der Waals surface area (Å²) < 4.78 is 5.35. The molecule has 0 radical (unpaired) electrons. The van der Waals surface area contributed by atoms with Crippen LogP contribution in [0.4, 0.5) is 0 Å². The molecule has 0 aliphatic carbocycles. The Morgan fingerprint density at radius 2 is 2.11 bits per heavy atom. The maximum absolute atomic E-state index is 11.2. The molecule has 3 aliphatic heterocycles. The van der Waals surface area contributed by atoms with Crippen LogP contribution in [0.2, 0.25) is 0 Å². The van der Waals surface area contributed by atoms with Crippen molar-refractivity contribution in [3.8, 4) is 5.75 Å². The van der Waals surface area contributed by atoms with Crippen LogP contribution in [0, 0.1) is 11.8 Å². The highest BCUT2D eigenvalue weighted by Gasteiger charge is 2.42. The summed E-state index contributed by atoms with van der Waals surface area (Å²) in [6.45, 7) is 6.07. The molecule has 5 atom stereocenters. The first kappa shape index (κ1) is 23.3. The van der Waals surface area contributed by atoms with Crippen molar-refractivity contribution < 1.29 is 20.8 Å². The number of rotatable bonds is 4. The van der Waals surface area contributed by atoms with Crippen LogP contribution in [0.3, 0.4) is 0 Å². The van der Waals surface area contributed by atoms with Gasteiger partial charge in [0.25, 0.3) is 0 Å². The zero-order chi connectivity index (χ0) is 16.7. The van der Waals surface area contributed by atoms with Crippen molar-refractivity contribution in [3.05, 3.63) is 48.7 Å². The molecule has 27 heavy (non-hydrogen) atoms. The number of aliphatic hydroxyl groups excluding tert-OH is 1. The van der Waals surface area contributed by atoms with E-state index in [4.69, 9.17) is 4.74 Å². The van der Waals surface area contributed by atoms with Gasteiger partial charge in [-0.25, -0.2) is 0 Å². The molecule has 7 heteroatoms. The third-order valence-electron chi connectivity index (χ3n) is 5.82. The maximum Gasteiger partial charge on any atom is 0.119 e. The Morgan fingerprint density at radius 3 is 2.74 bits per heavy atom. The molecule has 150 valence electrons. The minimum absolute atomic E-state index is 0. The average molecular weight is 397 g/mol. The van der Waals surface area contributed by atoms with E-state index < -0.39 is 6.10 Å². The van der Waals surface area contributed by atoms with Crippen LogP contribution in [0.1, 0.15) is 24.5 Å². The number of benzene rings is 1. The highest BCUT2D eigenvalue weighted by Crippen LogP contribution is 2.42. The monoisotopic (exact) mass is 396 g/mol. The second-order valence-corrected chi connectivity index (χ2v) is 6.97. The Bertz CT molecular complexity index is 773. The van der Waals surface area contributed by atoms with E-state index in [0.717, 1.165) is 41.7 Å². The summed E-state index contributed by atoms with van der Waals surface area (Å²) in [5.74, 6) is 2.01. The third-order valence-corrected chi connectivity index (χ3v) is 5.82. The fraction of sp³-hybridized carbons (Fsp3) is 0.450. The van der Waals surface area contributed by atoms with Gasteiger partial charge in [-0.1, -0.05) is 6.08 Å². The van der Waals surface area contributed by atoms with Gasteiger partial charge in [-0.3, -0.25) is 9.88 Å². The van der Waals surface area contributed by atoms with Gasteiger partial charge in [-0.05, 0) is 61.1 Å². The molecule has 3 aliphatic rings. The lowest BCUT2D eigenvalue weighted by Gasteiger charge is -2.50. The Hall–Kier alpha value is -1.70. The molecular formula is C20H29ClN2O4. The van der Waals surface area contributed by atoms with Gasteiger partial charge in [0.1, 0.15) is 5.75 Å². The molecular weight excluding hydrogens is 368 g/mol. The van der Waals surface area contributed by atoms with Gasteiger partial charge in [0.15, 0.2) is 0 Å². The normalized spacial score (nSPS) is 26.9. The van der Waals surface area contributed by atoms with Crippen LogP contribution in [-0.4, -0.2) is 52.2 Å². The van der Waals surface area contributed by atoms with Crippen molar-refractivity contribution in [3.63, 3.8) is 0 Å². The number of halogens is 1. The number of fused-ring (bicyclic) bond motifs is 4. The molecule has 1 aromatic heterocycles. The lowest BCUT2D eigenvalue weighted by atomic mass is 9.73. The summed E-state index contributed by atoms with van der Waals surface area (Å²) in [4.78, 5) is 6.86. The van der Waals surface area contributed by atoms with Gasteiger partial charge in [0.2, 0.25) is 0 Å². The number of nitrogens with zero attached hydrogens (tertiary/aromatic N) is 2. The number of methoxy groups -OCH3 is 1. The van der Waals surface area contributed by atoms with E-state index in [2.05, 4.69) is 22.5 Å². The van der Waals surface area contributed by atoms with Gasteiger partial charge in [0.05, 0.1) is 18.7 Å². The van der Waals surface area contributed by atoms with Gasteiger partial charge in [0, 0.05) is 24.2 Å². The van der Waals surface area contributed by atoms with E-state index in [9.17, 15) is 5.11 Å². The van der Waals surface area contributed by atoms with Crippen molar-refractivity contribution >= 4 is 23.3 Å². The molecule has 1 unspecified atom stereocenters. The maximum atomic E-state index is 11.2. The summed E-state index contributed by atoms with van der Waals surface area (Å²) in [7, 11) is 1.66. The molecule has 2 bridgehead atoms. The smallest absolute Gasteiger partial charge is 0.119 e. The number of piperidine rings is 3. The van der Waals surface area contributed by atoms with Crippen molar-refractivity contribution in [1.29, 1.82) is 0 Å². The topological polar surface area (TPSA) is 109 Å². The Balaban J connectivity index is 0.00000121. The van der Waals surface area contributed by atoms with Crippen LogP contribution in [-0.2, 0) is 0 Å². The van der Waals surface area contributed by atoms with Crippen LogP contribution >= 0.6 is 12.4 Å². The predicted octanol–water partition coefficient (Wildman–Crippen LogP) is 1.95. The lowest BCUT2D eigenvalue weighted by molar-refractivity contribution is -0.0444. The van der Waals surface area contributed by atoms with Crippen LogP contribution in [0.15, 0.2) is 43.1 Å². The van der Waals surface area contributed by atoms with Crippen molar-refractivity contribution in [2.75, 3.05) is 20.2 Å². The summed E-state index contributed by atoms with van der Waals surface area (Å²) >= 11 is 0. The molecule has 5 N–H and O–H groups in total. The molecule has 0 spiro atoms. The van der Waals surface area contributed by atoms with E-state index in [0.29, 0.717) is 11.8 Å². The predicted molar refractivity (Wildman–Crippen MR) is 110 cm³/mol. The average Bonchev–Trinajstić information content (AvgIpc) is 2.66. The standard InChI is InChI=1S/C20H24N2O2.ClH.2H2O/c1-3-13-12-22-9-7-14(13)10-19(22)20(23)16-6-8-21-18-5-4-15(24-2)11-17(16)18;;;/h3-6,8,11,13-14,19-20,23H,1,7,9-10,12H2,2H3;1H;2*1H2/t13-,14-,19+,20+;;;/m1.../s1. The number of hydrogen-bond donors (Lipinski definition) is 1. The van der Waals surface area contributed by atoms with E-state index in [1.165, 1.54) is 6.42 Å². The molecule has 2 aromatic rings. The molecule has 4 heterocycles. The zero-order valence-electron chi connectivity index (χ0n) is 15.5. The van der Waals surface area contributed by atoms with E-state index in [1.807, 2.05) is 24.3 Å². The van der Waals surface area contributed by atoms with Crippen molar-refractivity contribution in [2.24, 2.45) is 11.8 Å². The minimum atomic E-state index is -0.504. The molecule has 6 nitrogen and oxygen atoms in total. The van der Waals surface area contributed by atoms with Gasteiger partial charge in [-0.2, -0.15) is 0 Å². The summed E-state index contributed by atoms with van der Waals surface area (Å²) in [5, 5.41) is 12.1. The first-order valence-corrected chi connectivity index (χ1v) is 8.68. The van der Waals surface area contributed by atoms with E-state index in [-0.39, 0.29) is 29.4 Å². The molecule has 1 aromatic carbocycles. The van der Waals surface area contributed by atoms with E-state index in [1.54, 1.807) is 13.3 Å². The second-order valence-electron chi connectivity index (χ2n) is 6.97. The SMILES string of the molecule is C=C[C@@H]1CN2CC[C@@H]1C[C@H]2[C@@H](O)c1ccnc2ccc(OC)cc12.Cl.O.O. The first-order chi connectivity index (χ1) is 11.7. The number of pyridine rings is 1. The minimum Gasteiger partial charge on any atom is -0.497 e. The number of hydrogen-bond acceptors (Lipinski definition) is 4. The molecule has 3 saturated heterocycles. The second kappa shape index (κ2) is 9.48. The highest BCUT2D eigenvalue weighted by molar-refractivity contribution is 5.85. The van der Waals surface area contributed by atoms with Crippen LogP contribution < -0.4 is 4.74 Å². The number of aromatic nitrogens is 1. The van der Waals surface area contributed by atoms with Gasteiger partial charge >= 0.3 is 0 Å². The van der Waals surface area contributed by atoms with Crippen LogP contribution in [0.25, 0.3) is 10.9 Å². The fourth-order valence-electron chi connectivity index (χ4n) is 4.44. The molecule has 0 amide bonds.